The number of hydrogen-bond acceptors (Lipinski definition) is 2. The second-order valence-corrected chi connectivity index (χ2v) is 3.51. The van der Waals surface area contributed by atoms with Crippen molar-refractivity contribution in [2.75, 3.05) is 6.61 Å². The molecule has 2 heteroatoms. The Hall–Kier alpha value is -0.630. The van der Waals surface area contributed by atoms with Crippen molar-refractivity contribution in [2.45, 2.75) is 12.8 Å². The molecule has 3 atom stereocenters. The SMILES string of the molecule is O=C1C[C@@H]2[C@@H](CO)C=C[C@@H]2C1. The molecular weight excluding hydrogens is 140 g/mol. The van der Waals surface area contributed by atoms with E-state index in [1.165, 1.54) is 0 Å². The van der Waals surface area contributed by atoms with Crippen molar-refractivity contribution < 1.29 is 9.90 Å². The highest BCUT2D eigenvalue weighted by Gasteiger charge is 2.38. The van der Waals surface area contributed by atoms with E-state index in [9.17, 15) is 4.79 Å². The normalized spacial score (nSPS) is 41.5. The number of hydrogen-bond donors (Lipinski definition) is 1. The van der Waals surface area contributed by atoms with Crippen LogP contribution >= 0.6 is 0 Å². The van der Waals surface area contributed by atoms with Gasteiger partial charge in [0, 0.05) is 25.4 Å². The summed E-state index contributed by atoms with van der Waals surface area (Å²) < 4.78 is 0. The number of aliphatic hydroxyl groups is 1. The summed E-state index contributed by atoms with van der Waals surface area (Å²) in [5.41, 5.74) is 0. The Morgan fingerprint density at radius 2 is 2.27 bits per heavy atom. The molecule has 1 saturated carbocycles. The zero-order valence-electron chi connectivity index (χ0n) is 6.36. The van der Waals surface area contributed by atoms with Gasteiger partial charge in [0.05, 0.1) is 0 Å². The monoisotopic (exact) mass is 152 g/mol. The minimum Gasteiger partial charge on any atom is -0.396 e. The lowest BCUT2D eigenvalue weighted by Gasteiger charge is -2.14. The summed E-state index contributed by atoms with van der Waals surface area (Å²) in [6, 6.07) is 0. The van der Waals surface area contributed by atoms with E-state index in [1.807, 2.05) is 0 Å². The van der Waals surface area contributed by atoms with E-state index in [0.29, 0.717) is 30.5 Å². The molecule has 0 unspecified atom stereocenters. The third-order valence-electron chi connectivity index (χ3n) is 2.84. The smallest absolute Gasteiger partial charge is 0.133 e. The Bertz CT molecular complexity index is 208. The molecule has 2 nitrogen and oxygen atoms in total. The minimum absolute atomic E-state index is 0.199. The second kappa shape index (κ2) is 2.45. The highest BCUT2D eigenvalue weighted by molar-refractivity contribution is 5.81. The van der Waals surface area contributed by atoms with Crippen LogP contribution in [0.3, 0.4) is 0 Å². The lowest BCUT2D eigenvalue weighted by molar-refractivity contribution is -0.117. The first-order valence-electron chi connectivity index (χ1n) is 4.12. The van der Waals surface area contributed by atoms with Gasteiger partial charge in [0.2, 0.25) is 0 Å². The standard InChI is InChI=1S/C9H12O2/c10-5-7-2-1-6-3-8(11)4-9(6)7/h1-2,6-7,9-10H,3-5H2/t6-,7-,9+/m1/s1. The average Bonchev–Trinajstić information content (AvgIpc) is 2.45. The van der Waals surface area contributed by atoms with Crippen molar-refractivity contribution in [3.8, 4) is 0 Å². The van der Waals surface area contributed by atoms with Crippen LogP contribution in [0.5, 0.6) is 0 Å². The molecule has 0 spiro atoms. The summed E-state index contributed by atoms with van der Waals surface area (Å²) in [5, 5.41) is 8.94. The maximum atomic E-state index is 11.0. The number of carbonyl (C=O) groups excluding carboxylic acids is 1. The Morgan fingerprint density at radius 3 is 3.00 bits per heavy atom. The molecule has 0 bridgehead atoms. The van der Waals surface area contributed by atoms with Crippen LogP contribution in [0, 0.1) is 17.8 Å². The number of aliphatic hydroxyl groups excluding tert-OH is 1. The van der Waals surface area contributed by atoms with Crippen LogP contribution in [-0.2, 0) is 4.79 Å². The molecule has 0 aliphatic heterocycles. The fourth-order valence-electron chi connectivity index (χ4n) is 2.22. The summed E-state index contributed by atoms with van der Waals surface area (Å²) >= 11 is 0. The van der Waals surface area contributed by atoms with Crippen molar-refractivity contribution in [1.29, 1.82) is 0 Å². The predicted octanol–water partition coefficient (Wildman–Crippen LogP) is 0.760. The number of fused-ring (bicyclic) bond motifs is 1. The summed E-state index contributed by atoms with van der Waals surface area (Å²) in [4.78, 5) is 11.0. The molecule has 0 aromatic heterocycles. The van der Waals surface area contributed by atoms with Gasteiger partial charge in [0.1, 0.15) is 5.78 Å². The zero-order valence-corrected chi connectivity index (χ0v) is 6.36. The van der Waals surface area contributed by atoms with Crippen LogP contribution in [0.25, 0.3) is 0 Å². The van der Waals surface area contributed by atoms with Crippen LogP contribution in [0.1, 0.15) is 12.8 Å². The number of allylic oxidation sites excluding steroid dienone is 1. The fourth-order valence-corrected chi connectivity index (χ4v) is 2.22. The average molecular weight is 152 g/mol. The van der Waals surface area contributed by atoms with Gasteiger partial charge in [0.15, 0.2) is 0 Å². The van der Waals surface area contributed by atoms with E-state index in [0.717, 1.165) is 0 Å². The first kappa shape index (κ1) is 7.04. The van der Waals surface area contributed by atoms with Crippen LogP contribution < -0.4 is 0 Å². The highest BCUT2D eigenvalue weighted by Crippen LogP contribution is 2.40. The molecule has 0 saturated heterocycles. The van der Waals surface area contributed by atoms with Crippen molar-refractivity contribution in [3.63, 3.8) is 0 Å². The van der Waals surface area contributed by atoms with Crippen LogP contribution in [0.4, 0.5) is 0 Å². The van der Waals surface area contributed by atoms with Gasteiger partial charge in [-0.05, 0) is 11.8 Å². The van der Waals surface area contributed by atoms with Crippen LogP contribution in [0.2, 0.25) is 0 Å². The fraction of sp³-hybridized carbons (Fsp3) is 0.667. The lowest BCUT2D eigenvalue weighted by atomic mass is 9.91. The van der Waals surface area contributed by atoms with E-state index in [1.54, 1.807) is 0 Å². The Morgan fingerprint density at radius 1 is 1.45 bits per heavy atom. The predicted molar refractivity (Wildman–Crippen MR) is 40.9 cm³/mol. The molecule has 0 amide bonds. The maximum absolute atomic E-state index is 11.0. The second-order valence-electron chi connectivity index (χ2n) is 3.51. The van der Waals surface area contributed by atoms with Crippen molar-refractivity contribution in [1.82, 2.24) is 0 Å². The molecule has 0 aromatic carbocycles. The summed E-state index contributed by atoms with van der Waals surface area (Å²) in [5.74, 6) is 1.49. The topological polar surface area (TPSA) is 37.3 Å². The number of carbonyl (C=O) groups is 1. The number of ketones is 1. The molecule has 2 rings (SSSR count). The summed E-state index contributed by atoms with van der Waals surface area (Å²) in [6.07, 6.45) is 5.54. The zero-order chi connectivity index (χ0) is 7.84. The molecule has 11 heavy (non-hydrogen) atoms. The largest absolute Gasteiger partial charge is 0.396 e. The van der Waals surface area contributed by atoms with E-state index in [2.05, 4.69) is 12.2 Å². The van der Waals surface area contributed by atoms with Gasteiger partial charge in [-0.1, -0.05) is 12.2 Å². The van der Waals surface area contributed by atoms with E-state index in [4.69, 9.17) is 5.11 Å². The molecule has 0 radical (unpaired) electrons. The third-order valence-corrected chi connectivity index (χ3v) is 2.84. The Kier molecular flexibility index (Phi) is 1.57. The summed E-state index contributed by atoms with van der Waals surface area (Å²) in [6.45, 7) is 0.199. The molecule has 0 heterocycles. The van der Waals surface area contributed by atoms with E-state index in [-0.39, 0.29) is 12.5 Å². The van der Waals surface area contributed by atoms with Gasteiger partial charge in [0.25, 0.3) is 0 Å². The van der Waals surface area contributed by atoms with Gasteiger partial charge < -0.3 is 5.11 Å². The molecule has 0 aromatic rings. The maximum Gasteiger partial charge on any atom is 0.133 e. The Labute approximate surface area is 65.9 Å². The molecule has 60 valence electrons. The quantitative estimate of drug-likeness (QED) is 0.563. The molecule has 2 aliphatic carbocycles. The first-order valence-corrected chi connectivity index (χ1v) is 4.12. The first-order chi connectivity index (χ1) is 5.31. The molecule has 1 fully saturated rings. The number of rotatable bonds is 1. The summed E-state index contributed by atoms with van der Waals surface area (Å²) in [7, 11) is 0. The van der Waals surface area contributed by atoms with Crippen molar-refractivity contribution in [3.05, 3.63) is 12.2 Å². The third kappa shape index (κ3) is 1.02. The van der Waals surface area contributed by atoms with Crippen LogP contribution in [-0.4, -0.2) is 17.5 Å². The Balaban J connectivity index is 2.13. The van der Waals surface area contributed by atoms with Crippen molar-refractivity contribution in [2.24, 2.45) is 17.8 Å². The van der Waals surface area contributed by atoms with E-state index >= 15 is 0 Å². The molecular formula is C9H12O2. The van der Waals surface area contributed by atoms with Gasteiger partial charge in [-0.25, -0.2) is 0 Å². The molecule has 2 aliphatic rings. The minimum atomic E-state index is 0.199. The van der Waals surface area contributed by atoms with Gasteiger partial charge in [-0.15, -0.1) is 0 Å². The van der Waals surface area contributed by atoms with Gasteiger partial charge >= 0.3 is 0 Å². The van der Waals surface area contributed by atoms with Crippen molar-refractivity contribution >= 4 is 5.78 Å². The lowest BCUT2D eigenvalue weighted by Crippen LogP contribution is -2.13. The van der Waals surface area contributed by atoms with Gasteiger partial charge in [-0.3, -0.25) is 4.79 Å². The number of Topliss-reactive ketones (excluding diaryl/α,β-unsaturated/α-hetero) is 1. The highest BCUT2D eigenvalue weighted by atomic mass is 16.3. The molecule has 1 N–H and O–H groups in total. The van der Waals surface area contributed by atoms with Gasteiger partial charge in [-0.2, -0.15) is 0 Å². The van der Waals surface area contributed by atoms with E-state index < -0.39 is 0 Å². The van der Waals surface area contributed by atoms with Crippen LogP contribution in [0.15, 0.2) is 12.2 Å².